The summed E-state index contributed by atoms with van der Waals surface area (Å²) >= 11 is 0. The molecule has 1 aromatic rings. The number of benzene rings is 1. The third-order valence-corrected chi connectivity index (χ3v) is 3.02. The van der Waals surface area contributed by atoms with Crippen molar-refractivity contribution < 1.29 is 23.4 Å². The van der Waals surface area contributed by atoms with E-state index in [0.29, 0.717) is 6.42 Å². The van der Waals surface area contributed by atoms with Crippen LogP contribution in [0.4, 0.5) is 19.3 Å². The fraction of sp³-hybridized carbons (Fsp3) is 0.500. The first kappa shape index (κ1) is 17.2. The van der Waals surface area contributed by atoms with Gasteiger partial charge in [-0.1, -0.05) is 13.8 Å². The predicted octanol–water partition coefficient (Wildman–Crippen LogP) is 2.50. The fourth-order valence-electron chi connectivity index (χ4n) is 1.87. The number of carbonyl (C=O) groups excluding carboxylic acids is 1. The number of ether oxygens (including phenoxy) is 1. The minimum atomic E-state index is -0.899. The number of nitrogens with one attached hydrogen (secondary N) is 2. The zero-order chi connectivity index (χ0) is 16.0. The molecule has 0 heterocycles. The number of urea groups is 1. The summed E-state index contributed by atoms with van der Waals surface area (Å²) in [6, 6.07) is 1.12. The van der Waals surface area contributed by atoms with Crippen LogP contribution in [0.3, 0.4) is 0 Å². The Bertz CT molecular complexity index is 472. The lowest BCUT2D eigenvalue weighted by molar-refractivity contribution is 0.227. The van der Waals surface area contributed by atoms with Crippen LogP contribution in [0.2, 0.25) is 0 Å². The van der Waals surface area contributed by atoms with Crippen LogP contribution >= 0.6 is 0 Å². The number of hydrogen-bond donors (Lipinski definition) is 3. The molecule has 0 radical (unpaired) electrons. The Balaban J connectivity index is 2.75. The molecular weight excluding hydrogens is 282 g/mol. The zero-order valence-corrected chi connectivity index (χ0v) is 12.2. The van der Waals surface area contributed by atoms with Crippen molar-refractivity contribution in [3.63, 3.8) is 0 Å². The van der Waals surface area contributed by atoms with Gasteiger partial charge in [0.25, 0.3) is 0 Å². The van der Waals surface area contributed by atoms with Gasteiger partial charge in [0, 0.05) is 30.5 Å². The highest BCUT2D eigenvalue weighted by atomic mass is 19.1. The summed E-state index contributed by atoms with van der Waals surface area (Å²) in [6.07, 6.45) is 0.399. The number of anilines is 1. The molecule has 1 aromatic carbocycles. The summed E-state index contributed by atoms with van der Waals surface area (Å²) in [5.74, 6) is -2.18. The number of hydrogen-bond acceptors (Lipinski definition) is 3. The molecule has 0 spiro atoms. The highest BCUT2D eigenvalue weighted by molar-refractivity contribution is 5.89. The minimum absolute atomic E-state index is 0.0187. The first-order valence-electron chi connectivity index (χ1n) is 6.60. The van der Waals surface area contributed by atoms with Crippen molar-refractivity contribution in [3.05, 3.63) is 23.8 Å². The molecule has 0 aliphatic rings. The quantitative estimate of drug-likeness (QED) is 0.756. The molecule has 0 aromatic heterocycles. The van der Waals surface area contributed by atoms with Gasteiger partial charge in [-0.2, -0.15) is 0 Å². The number of rotatable bonds is 6. The summed E-state index contributed by atoms with van der Waals surface area (Å²) in [6.45, 7) is 3.73. The molecule has 118 valence electrons. The van der Waals surface area contributed by atoms with Crippen molar-refractivity contribution in [1.29, 1.82) is 0 Å². The van der Waals surface area contributed by atoms with Crippen molar-refractivity contribution >= 4 is 11.7 Å². The maximum Gasteiger partial charge on any atom is 0.319 e. The van der Waals surface area contributed by atoms with Gasteiger partial charge in [0.15, 0.2) is 17.4 Å². The molecule has 0 aliphatic carbocycles. The van der Waals surface area contributed by atoms with Crippen molar-refractivity contribution in [2.24, 2.45) is 5.92 Å². The van der Waals surface area contributed by atoms with E-state index < -0.39 is 23.4 Å². The highest BCUT2D eigenvalue weighted by Crippen LogP contribution is 2.25. The normalized spacial score (nSPS) is 12.1. The van der Waals surface area contributed by atoms with E-state index in [4.69, 9.17) is 5.11 Å². The first-order valence-corrected chi connectivity index (χ1v) is 6.60. The van der Waals surface area contributed by atoms with Crippen LogP contribution in [-0.2, 0) is 0 Å². The van der Waals surface area contributed by atoms with Gasteiger partial charge in [-0.25, -0.2) is 13.6 Å². The van der Waals surface area contributed by atoms with Crippen LogP contribution < -0.4 is 15.4 Å². The molecule has 5 nitrogen and oxygen atoms in total. The largest absolute Gasteiger partial charge is 0.491 e. The van der Waals surface area contributed by atoms with E-state index in [2.05, 4.69) is 15.4 Å². The average molecular weight is 302 g/mol. The summed E-state index contributed by atoms with van der Waals surface area (Å²) in [4.78, 5) is 11.8. The van der Waals surface area contributed by atoms with Crippen LogP contribution in [0, 0.1) is 17.6 Å². The van der Waals surface area contributed by atoms with Gasteiger partial charge in [0.2, 0.25) is 0 Å². The third kappa shape index (κ3) is 4.86. The molecule has 0 fully saturated rings. The lowest BCUT2D eigenvalue weighted by atomic mass is 10.0. The monoisotopic (exact) mass is 302 g/mol. The Kier molecular flexibility index (Phi) is 6.36. The van der Waals surface area contributed by atoms with Gasteiger partial charge < -0.3 is 20.5 Å². The van der Waals surface area contributed by atoms with Gasteiger partial charge in [0.1, 0.15) is 0 Å². The second-order valence-electron chi connectivity index (χ2n) is 4.93. The minimum Gasteiger partial charge on any atom is -0.491 e. The summed E-state index contributed by atoms with van der Waals surface area (Å²) in [5, 5.41) is 13.9. The molecule has 1 rings (SSSR count). The lowest BCUT2D eigenvalue weighted by Gasteiger charge is -2.21. The van der Waals surface area contributed by atoms with E-state index in [1.54, 1.807) is 0 Å². The van der Waals surface area contributed by atoms with Crippen LogP contribution in [0.5, 0.6) is 5.75 Å². The van der Waals surface area contributed by atoms with Crippen LogP contribution in [-0.4, -0.2) is 30.9 Å². The second kappa shape index (κ2) is 7.78. The number of aliphatic hydroxyl groups excluding tert-OH is 1. The molecule has 1 atom stereocenters. The van der Waals surface area contributed by atoms with Crippen molar-refractivity contribution in [2.75, 3.05) is 19.0 Å². The number of aliphatic hydroxyl groups is 1. The Morgan fingerprint density at radius 1 is 1.33 bits per heavy atom. The maximum atomic E-state index is 13.5. The van der Waals surface area contributed by atoms with E-state index in [0.717, 1.165) is 19.2 Å². The summed E-state index contributed by atoms with van der Waals surface area (Å²) in [5.41, 5.74) is -0.0187. The molecule has 3 N–H and O–H groups in total. The number of carbonyl (C=O) groups is 1. The Morgan fingerprint density at radius 2 is 1.90 bits per heavy atom. The molecule has 0 aliphatic heterocycles. The molecule has 0 bridgehead atoms. The van der Waals surface area contributed by atoms with Crippen LogP contribution in [0.25, 0.3) is 0 Å². The predicted molar refractivity (Wildman–Crippen MR) is 75.4 cm³/mol. The topological polar surface area (TPSA) is 70.6 Å². The Morgan fingerprint density at radius 3 is 2.33 bits per heavy atom. The van der Waals surface area contributed by atoms with Crippen molar-refractivity contribution in [2.45, 2.75) is 26.3 Å². The molecule has 2 amide bonds. The Labute approximate surface area is 122 Å². The summed E-state index contributed by atoms with van der Waals surface area (Å²) in [7, 11) is 1.16. The molecular formula is C14H20F2N2O3. The van der Waals surface area contributed by atoms with Gasteiger partial charge >= 0.3 is 6.03 Å². The number of methoxy groups -OCH3 is 1. The second-order valence-corrected chi connectivity index (χ2v) is 4.93. The summed E-state index contributed by atoms with van der Waals surface area (Å²) < 4.78 is 31.6. The molecule has 1 unspecified atom stereocenters. The van der Waals surface area contributed by atoms with E-state index in [1.165, 1.54) is 0 Å². The molecule has 0 saturated heterocycles. The van der Waals surface area contributed by atoms with Crippen molar-refractivity contribution in [1.82, 2.24) is 5.32 Å². The smallest absolute Gasteiger partial charge is 0.319 e. The maximum absolute atomic E-state index is 13.5. The number of amides is 2. The van der Waals surface area contributed by atoms with E-state index in [1.807, 2.05) is 13.8 Å². The fourth-order valence-corrected chi connectivity index (χ4v) is 1.87. The van der Waals surface area contributed by atoms with Crippen molar-refractivity contribution in [3.8, 4) is 5.75 Å². The SMILES string of the molecule is COc1c(F)cc(NC(=O)NC(CCO)C(C)C)cc1F. The highest BCUT2D eigenvalue weighted by Gasteiger charge is 2.17. The molecule has 21 heavy (non-hydrogen) atoms. The standard InChI is InChI=1S/C14H20F2N2O3/c1-8(2)12(4-5-19)18-14(20)17-9-6-10(15)13(21-3)11(16)7-9/h6-8,12,19H,4-5H2,1-3H3,(H2,17,18,20). The van der Waals surface area contributed by atoms with Gasteiger partial charge in [0.05, 0.1) is 7.11 Å². The van der Waals surface area contributed by atoms with E-state index in [-0.39, 0.29) is 24.3 Å². The third-order valence-electron chi connectivity index (χ3n) is 3.02. The molecule has 0 saturated carbocycles. The zero-order valence-electron chi connectivity index (χ0n) is 12.2. The molecule has 7 heteroatoms. The van der Waals surface area contributed by atoms with Crippen LogP contribution in [0.1, 0.15) is 20.3 Å². The van der Waals surface area contributed by atoms with Gasteiger partial charge in [-0.3, -0.25) is 0 Å². The number of halogens is 2. The van der Waals surface area contributed by atoms with E-state index >= 15 is 0 Å². The van der Waals surface area contributed by atoms with Gasteiger partial charge in [-0.05, 0) is 12.3 Å². The average Bonchev–Trinajstić information content (AvgIpc) is 2.37. The van der Waals surface area contributed by atoms with Crippen LogP contribution in [0.15, 0.2) is 12.1 Å². The first-order chi connectivity index (χ1) is 9.88. The van der Waals surface area contributed by atoms with Gasteiger partial charge in [-0.15, -0.1) is 0 Å². The van der Waals surface area contributed by atoms with E-state index in [9.17, 15) is 13.6 Å². The lowest BCUT2D eigenvalue weighted by Crippen LogP contribution is -2.41. The Hall–Kier alpha value is -1.89.